The summed E-state index contributed by atoms with van der Waals surface area (Å²) in [5.41, 5.74) is 2.99. The summed E-state index contributed by atoms with van der Waals surface area (Å²) in [6.07, 6.45) is 1.35. The molecule has 3 rings (SSSR count). The Morgan fingerprint density at radius 2 is 1.74 bits per heavy atom. The topological polar surface area (TPSA) is 49.4 Å². The second-order valence-electron chi connectivity index (χ2n) is 4.79. The lowest BCUT2D eigenvalue weighted by Gasteiger charge is -2.14. The van der Waals surface area contributed by atoms with Crippen LogP contribution < -0.4 is 10.4 Å². The third kappa shape index (κ3) is 2.93. The van der Waals surface area contributed by atoms with E-state index in [1.807, 2.05) is 0 Å². The van der Waals surface area contributed by atoms with Gasteiger partial charge in [0.25, 0.3) is 11.8 Å². The normalized spacial score (nSPS) is 16.1. The van der Waals surface area contributed by atoms with Crippen LogP contribution in [0.4, 0.5) is 14.5 Å². The molecule has 1 saturated heterocycles. The van der Waals surface area contributed by atoms with Gasteiger partial charge in [-0.05, 0) is 42.0 Å². The smallest absolute Gasteiger partial charge is 0.267 e. The van der Waals surface area contributed by atoms with Crippen LogP contribution in [0.1, 0.15) is 5.56 Å². The summed E-state index contributed by atoms with van der Waals surface area (Å²) in [6, 6.07) is 8.98. The molecule has 0 unspecified atom stereocenters. The van der Waals surface area contributed by atoms with Crippen LogP contribution in [-0.4, -0.2) is 11.8 Å². The van der Waals surface area contributed by atoms with Gasteiger partial charge in [0, 0.05) is 0 Å². The van der Waals surface area contributed by atoms with E-state index in [4.69, 9.17) is 11.6 Å². The molecule has 23 heavy (non-hydrogen) atoms. The van der Waals surface area contributed by atoms with Crippen molar-refractivity contribution >= 4 is 35.2 Å². The van der Waals surface area contributed by atoms with E-state index in [1.54, 1.807) is 0 Å². The molecule has 2 aromatic carbocycles. The van der Waals surface area contributed by atoms with E-state index in [2.05, 4.69) is 5.43 Å². The van der Waals surface area contributed by atoms with Crippen LogP contribution in [0.5, 0.6) is 0 Å². The van der Waals surface area contributed by atoms with E-state index in [0.29, 0.717) is 5.56 Å². The number of nitrogens with zero attached hydrogens (tertiary/aromatic N) is 1. The number of hydrogen-bond donors (Lipinski definition) is 1. The number of benzene rings is 2. The van der Waals surface area contributed by atoms with Gasteiger partial charge in [0.05, 0.1) is 10.7 Å². The Morgan fingerprint density at radius 1 is 1.04 bits per heavy atom. The monoisotopic (exact) mass is 334 g/mol. The number of anilines is 1. The lowest BCUT2D eigenvalue weighted by Crippen LogP contribution is -2.35. The van der Waals surface area contributed by atoms with Crippen LogP contribution in [0, 0.1) is 11.6 Å². The van der Waals surface area contributed by atoms with Crippen LogP contribution >= 0.6 is 11.6 Å². The van der Waals surface area contributed by atoms with E-state index in [0.717, 1.165) is 11.1 Å². The molecule has 2 aromatic rings. The van der Waals surface area contributed by atoms with Crippen molar-refractivity contribution in [1.82, 2.24) is 5.43 Å². The molecule has 0 radical (unpaired) electrons. The van der Waals surface area contributed by atoms with E-state index in [-0.39, 0.29) is 16.3 Å². The first-order chi connectivity index (χ1) is 11.0. The van der Waals surface area contributed by atoms with Gasteiger partial charge in [-0.2, -0.15) is 0 Å². The van der Waals surface area contributed by atoms with Gasteiger partial charge >= 0.3 is 0 Å². The highest BCUT2D eigenvalue weighted by Crippen LogP contribution is 2.25. The predicted molar refractivity (Wildman–Crippen MR) is 81.4 cm³/mol. The van der Waals surface area contributed by atoms with Crippen molar-refractivity contribution in [3.8, 4) is 0 Å². The minimum absolute atomic E-state index is 0.114. The van der Waals surface area contributed by atoms with E-state index in [1.165, 1.54) is 42.5 Å². The molecule has 0 atom stereocenters. The van der Waals surface area contributed by atoms with Gasteiger partial charge in [-0.1, -0.05) is 23.7 Å². The average molecular weight is 335 g/mol. The van der Waals surface area contributed by atoms with Crippen molar-refractivity contribution in [3.63, 3.8) is 0 Å². The summed E-state index contributed by atoms with van der Waals surface area (Å²) in [6.45, 7) is 0. The molecule has 4 nitrogen and oxygen atoms in total. The number of amides is 2. The standard InChI is InChI=1S/C16H9ClF2N2O2/c17-13-8-11(5-6-14(13)19)21-16(23)12(15(22)20-21)7-9-1-3-10(18)4-2-9/h1-8H,(H,20,22)/b12-7-. The lowest BCUT2D eigenvalue weighted by molar-refractivity contribution is -0.117. The summed E-state index contributed by atoms with van der Waals surface area (Å²) in [4.78, 5) is 24.3. The van der Waals surface area contributed by atoms with Gasteiger partial charge in [-0.25, -0.2) is 13.8 Å². The largest absolute Gasteiger partial charge is 0.282 e. The highest BCUT2D eigenvalue weighted by molar-refractivity contribution is 6.33. The first-order valence-electron chi connectivity index (χ1n) is 6.53. The van der Waals surface area contributed by atoms with E-state index < -0.39 is 23.4 Å². The lowest BCUT2D eigenvalue weighted by atomic mass is 10.1. The average Bonchev–Trinajstić information content (AvgIpc) is 2.80. The van der Waals surface area contributed by atoms with Crippen LogP contribution in [-0.2, 0) is 9.59 Å². The minimum Gasteiger partial charge on any atom is -0.267 e. The maximum atomic E-state index is 13.2. The Bertz CT molecular complexity index is 834. The molecule has 1 N–H and O–H groups in total. The third-order valence-corrected chi connectivity index (χ3v) is 3.52. The fourth-order valence-electron chi connectivity index (χ4n) is 2.09. The van der Waals surface area contributed by atoms with Crippen LogP contribution in [0.3, 0.4) is 0 Å². The van der Waals surface area contributed by atoms with Gasteiger partial charge in [0.2, 0.25) is 0 Å². The van der Waals surface area contributed by atoms with Gasteiger partial charge < -0.3 is 0 Å². The number of carbonyl (C=O) groups is 2. The Kier molecular flexibility index (Phi) is 3.83. The molecule has 1 fully saturated rings. The zero-order valence-corrected chi connectivity index (χ0v) is 12.3. The van der Waals surface area contributed by atoms with Crippen molar-refractivity contribution in [2.75, 3.05) is 5.01 Å². The summed E-state index contributed by atoms with van der Waals surface area (Å²) < 4.78 is 26.1. The summed E-state index contributed by atoms with van der Waals surface area (Å²) in [5.74, 6) is -2.27. The number of hydrazine groups is 1. The summed E-state index contributed by atoms with van der Waals surface area (Å²) in [7, 11) is 0. The van der Waals surface area contributed by atoms with Crippen molar-refractivity contribution < 1.29 is 18.4 Å². The van der Waals surface area contributed by atoms with Gasteiger partial charge in [0.1, 0.15) is 17.2 Å². The molecule has 116 valence electrons. The van der Waals surface area contributed by atoms with E-state index >= 15 is 0 Å². The number of halogens is 3. The Hall–Kier alpha value is -2.73. The second-order valence-corrected chi connectivity index (χ2v) is 5.20. The zero-order valence-electron chi connectivity index (χ0n) is 11.5. The molecule has 7 heteroatoms. The van der Waals surface area contributed by atoms with Crippen LogP contribution in [0.2, 0.25) is 5.02 Å². The molecular weight excluding hydrogens is 326 g/mol. The Balaban J connectivity index is 1.93. The van der Waals surface area contributed by atoms with Crippen LogP contribution in [0.25, 0.3) is 6.08 Å². The summed E-state index contributed by atoms with van der Waals surface area (Å²) in [5, 5.41) is 0.809. The second kappa shape index (κ2) is 5.81. The molecule has 0 aliphatic carbocycles. The Morgan fingerprint density at radius 3 is 2.39 bits per heavy atom. The number of carbonyl (C=O) groups excluding carboxylic acids is 2. The fraction of sp³-hybridized carbons (Fsp3) is 0. The molecule has 2 amide bonds. The molecule has 0 aromatic heterocycles. The Labute approximate surface area is 134 Å². The third-order valence-electron chi connectivity index (χ3n) is 3.23. The highest BCUT2D eigenvalue weighted by Gasteiger charge is 2.34. The van der Waals surface area contributed by atoms with Crippen molar-refractivity contribution in [1.29, 1.82) is 0 Å². The molecule has 0 bridgehead atoms. The molecule has 0 saturated carbocycles. The van der Waals surface area contributed by atoms with Gasteiger partial charge in [-0.15, -0.1) is 0 Å². The van der Waals surface area contributed by atoms with E-state index in [9.17, 15) is 18.4 Å². The van der Waals surface area contributed by atoms with Crippen LogP contribution in [0.15, 0.2) is 48.0 Å². The van der Waals surface area contributed by atoms with Crippen molar-refractivity contribution in [2.24, 2.45) is 0 Å². The fourth-order valence-corrected chi connectivity index (χ4v) is 2.26. The molecule has 1 heterocycles. The quantitative estimate of drug-likeness (QED) is 0.678. The van der Waals surface area contributed by atoms with Gasteiger partial charge in [0.15, 0.2) is 0 Å². The number of nitrogens with one attached hydrogen (secondary N) is 1. The molecular formula is C16H9ClF2N2O2. The molecule has 0 spiro atoms. The minimum atomic E-state index is -0.629. The van der Waals surface area contributed by atoms with Crippen molar-refractivity contribution in [2.45, 2.75) is 0 Å². The maximum absolute atomic E-state index is 13.2. The highest BCUT2D eigenvalue weighted by atomic mass is 35.5. The zero-order chi connectivity index (χ0) is 16.6. The number of hydrogen-bond acceptors (Lipinski definition) is 2. The predicted octanol–water partition coefficient (Wildman–Crippen LogP) is 3.08. The first-order valence-corrected chi connectivity index (χ1v) is 6.91. The maximum Gasteiger partial charge on any atom is 0.282 e. The SMILES string of the molecule is O=C1NN(c2ccc(F)c(Cl)c2)C(=O)/C1=C\c1ccc(F)cc1. The molecule has 1 aliphatic heterocycles. The number of rotatable bonds is 2. The molecule has 1 aliphatic rings. The van der Waals surface area contributed by atoms with Gasteiger partial charge in [-0.3, -0.25) is 15.0 Å². The first kappa shape index (κ1) is 15.2. The van der Waals surface area contributed by atoms with Crippen molar-refractivity contribution in [3.05, 3.63) is 70.3 Å². The summed E-state index contributed by atoms with van der Waals surface area (Å²) >= 11 is 5.68.